The highest BCUT2D eigenvalue weighted by molar-refractivity contribution is 7.20. The van der Waals surface area contributed by atoms with E-state index in [4.69, 9.17) is 20.6 Å². The zero-order valence-corrected chi connectivity index (χ0v) is 18.9. The van der Waals surface area contributed by atoms with Gasteiger partial charge in [0.1, 0.15) is 18.2 Å². The summed E-state index contributed by atoms with van der Waals surface area (Å²) in [7, 11) is 0. The third-order valence-corrected chi connectivity index (χ3v) is 6.13. The number of nitro benzene ring substituents is 1. The van der Waals surface area contributed by atoms with Crippen molar-refractivity contribution < 1.29 is 23.6 Å². The maximum atomic E-state index is 14.1. The van der Waals surface area contributed by atoms with Crippen LogP contribution in [-0.4, -0.2) is 23.5 Å². The summed E-state index contributed by atoms with van der Waals surface area (Å²) in [5.74, 6) is -0.488. The molecule has 4 rings (SSSR count). The van der Waals surface area contributed by atoms with E-state index in [1.165, 1.54) is 11.3 Å². The first-order valence-corrected chi connectivity index (χ1v) is 11.1. The molecular weight excluding hydrogens is 475 g/mol. The lowest BCUT2D eigenvalue weighted by molar-refractivity contribution is -0.385. The number of nitrogen functional groups attached to an aromatic ring is 1. The number of hydrogen-bond donors (Lipinski definition) is 3. The van der Waals surface area contributed by atoms with Crippen LogP contribution in [0.1, 0.15) is 16.5 Å². The van der Waals surface area contributed by atoms with E-state index in [9.17, 15) is 19.3 Å². The number of nitrogens with zero attached hydrogens (tertiary/aromatic N) is 1. The molecule has 0 aliphatic rings. The van der Waals surface area contributed by atoms with Crippen molar-refractivity contribution in [3.05, 3.63) is 99.2 Å². The molecule has 178 valence electrons. The number of nitrogens with two attached hydrogens (primary N) is 1. The Bertz CT molecular complexity index is 1410. The molecule has 0 saturated heterocycles. The maximum Gasteiger partial charge on any atom is 0.411 e. The summed E-state index contributed by atoms with van der Waals surface area (Å²) in [6.07, 6.45) is -1.65. The molecule has 0 saturated carbocycles. The average molecular weight is 495 g/mol. The first kappa shape index (κ1) is 23.6. The number of fused-ring (bicyclic) bond motifs is 1. The van der Waals surface area contributed by atoms with Gasteiger partial charge in [-0.3, -0.25) is 20.8 Å². The van der Waals surface area contributed by atoms with E-state index in [1.807, 2.05) is 42.5 Å². The van der Waals surface area contributed by atoms with Crippen molar-refractivity contribution in [3.8, 4) is 5.75 Å². The van der Waals surface area contributed by atoms with E-state index in [1.54, 1.807) is 12.1 Å². The van der Waals surface area contributed by atoms with Gasteiger partial charge in [0.05, 0.1) is 21.6 Å². The number of carbonyl (C=O) groups excluding carboxylic acids is 1. The molecule has 4 aromatic rings. The quantitative estimate of drug-likeness (QED) is 0.126. The van der Waals surface area contributed by atoms with Crippen LogP contribution in [0.4, 0.5) is 20.6 Å². The standard InChI is InChI=1S/C24H19FN4O5S/c25-17-11-15(29(31)32)9-10-18(17)28-24(30)33-13-20(14-5-2-1-3-6-14)34-19-7-4-8-21-16(19)12-22(35-21)23(26)27/h1-12,20H,13H2,(H3,26,27)(H,28,30). The molecule has 1 unspecified atom stereocenters. The van der Waals surface area contributed by atoms with Crippen molar-refractivity contribution >= 4 is 44.7 Å². The van der Waals surface area contributed by atoms with Gasteiger partial charge in [0.15, 0.2) is 11.9 Å². The Morgan fingerprint density at radius 3 is 2.60 bits per heavy atom. The van der Waals surface area contributed by atoms with Crippen LogP contribution in [0.25, 0.3) is 10.1 Å². The Balaban J connectivity index is 1.52. The van der Waals surface area contributed by atoms with Gasteiger partial charge in [-0.15, -0.1) is 11.3 Å². The number of benzene rings is 3. The number of nitrogens with one attached hydrogen (secondary N) is 2. The first-order chi connectivity index (χ1) is 16.8. The minimum atomic E-state index is -0.961. The van der Waals surface area contributed by atoms with Crippen LogP contribution in [0, 0.1) is 21.3 Å². The normalized spacial score (nSPS) is 11.6. The summed E-state index contributed by atoms with van der Waals surface area (Å²) >= 11 is 1.36. The summed E-state index contributed by atoms with van der Waals surface area (Å²) in [5.41, 5.74) is 5.68. The summed E-state index contributed by atoms with van der Waals surface area (Å²) < 4.78 is 26.5. The highest BCUT2D eigenvalue weighted by atomic mass is 32.1. The van der Waals surface area contributed by atoms with E-state index in [2.05, 4.69) is 5.32 Å². The summed E-state index contributed by atoms with van der Waals surface area (Å²) in [6, 6.07) is 19.2. The van der Waals surface area contributed by atoms with Crippen LogP contribution >= 0.6 is 11.3 Å². The van der Waals surface area contributed by atoms with Crippen LogP contribution in [0.15, 0.2) is 72.8 Å². The van der Waals surface area contributed by atoms with Crippen LogP contribution < -0.4 is 15.8 Å². The number of thiophene rings is 1. The number of amidine groups is 1. The molecule has 1 aromatic heterocycles. The number of amides is 1. The number of rotatable bonds is 8. The molecule has 0 fully saturated rings. The molecule has 0 spiro atoms. The van der Waals surface area contributed by atoms with Crippen LogP contribution in [0.3, 0.4) is 0 Å². The number of anilines is 1. The fraction of sp³-hybridized carbons (Fsp3) is 0.0833. The molecular formula is C24H19FN4O5S. The summed E-state index contributed by atoms with van der Waals surface area (Å²) in [5, 5.41) is 21.5. The topological polar surface area (TPSA) is 141 Å². The lowest BCUT2D eigenvalue weighted by Gasteiger charge is -2.20. The van der Waals surface area contributed by atoms with E-state index in [-0.39, 0.29) is 18.1 Å². The molecule has 9 nitrogen and oxygen atoms in total. The number of carbonyl (C=O) groups is 1. The van der Waals surface area contributed by atoms with E-state index in [0.29, 0.717) is 16.7 Å². The van der Waals surface area contributed by atoms with E-state index >= 15 is 0 Å². The Kier molecular flexibility index (Phi) is 6.88. The van der Waals surface area contributed by atoms with Crippen molar-refractivity contribution in [2.45, 2.75) is 6.10 Å². The molecule has 0 aliphatic heterocycles. The Morgan fingerprint density at radius 2 is 1.91 bits per heavy atom. The fourth-order valence-corrected chi connectivity index (χ4v) is 4.25. The SMILES string of the molecule is N=C(N)c1cc2c(OC(COC(=O)Nc3ccc([N+](=O)[O-])cc3F)c3ccccc3)cccc2s1. The number of ether oxygens (including phenoxy) is 2. The van der Waals surface area contributed by atoms with Crippen molar-refractivity contribution in [2.75, 3.05) is 11.9 Å². The van der Waals surface area contributed by atoms with Crippen molar-refractivity contribution in [1.29, 1.82) is 5.41 Å². The van der Waals surface area contributed by atoms with Gasteiger partial charge in [-0.2, -0.15) is 0 Å². The van der Waals surface area contributed by atoms with Gasteiger partial charge < -0.3 is 15.2 Å². The lowest BCUT2D eigenvalue weighted by atomic mass is 10.1. The molecule has 1 atom stereocenters. The molecule has 1 amide bonds. The van der Waals surface area contributed by atoms with Crippen LogP contribution in [-0.2, 0) is 4.74 Å². The second-order valence-electron chi connectivity index (χ2n) is 7.35. The number of nitro groups is 1. The summed E-state index contributed by atoms with van der Waals surface area (Å²) in [4.78, 5) is 23.0. The predicted octanol–water partition coefficient (Wildman–Crippen LogP) is 5.60. The molecule has 35 heavy (non-hydrogen) atoms. The Morgan fingerprint density at radius 1 is 1.14 bits per heavy atom. The second-order valence-corrected chi connectivity index (χ2v) is 8.44. The highest BCUT2D eigenvalue weighted by Gasteiger charge is 2.20. The monoisotopic (exact) mass is 494 g/mol. The second kappa shape index (κ2) is 10.2. The van der Waals surface area contributed by atoms with E-state index in [0.717, 1.165) is 27.8 Å². The van der Waals surface area contributed by atoms with Crippen molar-refractivity contribution in [3.63, 3.8) is 0 Å². The fourth-order valence-electron chi connectivity index (χ4n) is 3.31. The minimum absolute atomic E-state index is 0.0461. The zero-order valence-electron chi connectivity index (χ0n) is 18.1. The smallest absolute Gasteiger partial charge is 0.411 e. The molecule has 11 heteroatoms. The largest absolute Gasteiger partial charge is 0.481 e. The third-order valence-electron chi connectivity index (χ3n) is 4.99. The van der Waals surface area contributed by atoms with E-state index < -0.39 is 28.6 Å². The molecule has 4 N–H and O–H groups in total. The first-order valence-electron chi connectivity index (χ1n) is 10.3. The predicted molar refractivity (Wildman–Crippen MR) is 131 cm³/mol. The van der Waals surface area contributed by atoms with Crippen LogP contribution in [0.5, 0.6) is 5.75 Å². The molecule has 3 aromatic carbocycles. The van der Waals surface area contributed by atoms with Gasteiger partial charge in [-0.05, 0) is 29.8 Å². The molecule has 1 heterocycles. The van der Waals surface area contributed by atoms with Gasteiger partial charge >= 0.3 is 6.09 Å². The van der Waals surface area contributed by atoms with Gasteiger partial charge in [-0.25, -0.2) is 9.18 Å². The van der Waals surface area contributed by atoms with Gasteiger partial charge in [0.25, 0.3) is 5.69 Å². The highest BCUT2D eigenvalue weighted by Crippen LogP contribution is 2.35. The van der Waals surface area contributed by atoms with Gasteiger partial charge in [-0.1, -0.05) is 36.4 Å². The lowest BCUT2D eigenvalue weighted by Crippen LogP contribution is -2.21. The molecule has 0 radical (unpaired) electrons. The zero-order chi connectivity index (χ0) is 24.9. The maximum absolute atomic E-state index is 14.1. The van der Waals surface area contributed by atoms with Crippen molar-refractivity contribution in [1.82, 2.24) is 0 Å². The molecule has 0 bridgehead atoms. The molecule has 0 aliphatic carbocycles. The summed E-state index contributed by atoms with van der Waals surface area (Å²) in [6.45, 7) is -0.204. The average Bonchev–Trinajstić information content (AvgIpc) is 3.29. The Hall–Kier alpha value is -4.51. The third kappa shape index (κ3) is 5.53. The number of hydrogen-bond acceptors (Lipinski definition) is 7. The number of non-ortho nitro benzene ring substituents is 1. The van der Waals surface area contributed by atoms with Gasteiger partial charge in [0.2, 0.25) is 0 Å². The van der Waals surface area contributed by atoms with Gasteiger partial charge in [0, 0.05) is 16.2 Å². The van der Waals surface area contributed by atoms with Crippen molar-refractivity contribution in [2.24, 2.45) is 5.73 Å². The number of halogens is 1. The van der Waals surface area contributed by atoms with Crippen LogP contribution in [0.2, 0.25) is 0 Å². The Labute approximate surface area is 202 Å². The minimum Gasteiger partial charge on any atom is -0.481 e.